The molecule has 2 heterocycles. The maximum Gasteiger partial charge on any atom is 0.194 e. The smallest absolute Gasteiger partial charge is 0.194 e. The molecule has 25 heavy (non-hydrogen) atoms. The summed E-state index contributed by atoms with van der Waals surface area (Å²) in [4.78, 5) is 9.44. The molecule has 1 unspecified atom stereocenters. The molecule has 1 aliphatic heterocycles. The quantitative estimate of drug-likeness (QED) is 0.669. The molecule has 1 saturated heterocycles. The summed E-state index contributed by atoms with van der Waals surface area (Å²) in [6.45, 7) is 6.94. The highest BCUT2D eigenvalue weighted by Crippen LogP contribution is 2.20. The van der Waals surface area contributed by atoms with Gasteiger partial charge in [0.2, 0.25) is 0 Å². The highest BCUT2D eigenvalue weighted by Gasteiger charge is 2.17. The second-order valence-corrected chi connectivity index (χ2v) is 7.07. The molecule has 1 aromatic heterocycles. The van der Waals surface area contributed by atoms with Gasteiger partial charge in [-0.05, 0) is 51.4 Å². The van der Waals surface area contributed by atoms with Crippen LogP contribution in [0.25, 0.3) is 11.0 Å². The van der Waals surface area contributed by atoms with Crippen LogP contribution in [0.15, 0.2) is 39.7 Å². The van der Waals surface area contributed by atoms with Crippen LogP contribution in [-0.4, -0.2) is 56.0 Å². The van der Waals surface area contributed by atoms with Crippen LogP contribution in [-0.2, 0) is 6.54 Å². The number of fused-ring (bicyclic) bond motifs is 1. The third kappa shape index (κ3) is 4.75. The van der Waals surface area contributed by atoms with E-state index in [4.69, 9.17) is 9.41 Å². The van der Waals surface area contributed by atoms with Crippen molar-refractivity contribution in [2.75, 3.05) is 40.3 Å². The Balaban J connectivity index is 1.65. The van der Waals surface area contributed by atoms with E-state index in [0.29, 0.717) is 12.5 Å². The molecule has 1 aliphatic rings. The van der Waals surface area contributed by atoms with Gasteiger partial charge in [-0.15, -0.1) is 0 Å². The van der Waals surface area contributed by atoms with Crippen LogP contribution in [0.3, 0.4) is 0 Å². The van der Waals surface area contributed by atoms with Crippen LogP contribution in [0.2, 0.25) is 0 Å². The first-order valence-electron chi connectivity index (χ1n) is 9.31. The fourth-order valence-corrected chi connectivity index (χ4v) is 3.53. The molecule has 1 N–H and O–H groups in total. The third-order valence-electron chi connectivity index (χ3n) is 4.79. The largest absolute Gasteiger partial charge is 0.459 e. The molecule has 0 bridgehead atoms. The molecule has 0 aliphatic carbocycles. The Morgan fingerprint density at radius 2 is 2.24 bits per heavy atom. The minimum Gasteiger partial charge on any atom is -0.459 e. The van der Waals surface area contributed by atoms with Crippen molar-refractivity contribution < 1.29 is 4.42 Å². The first-order valence-corrected chi connectivity index (χ1v) is 9.31. The van der Waals surface area contributed by atoms with Gasteiger partial charge in [-0.3, -0.25) is 4.99 Å². The maximum absolute atomic E-state index is 5.94. The number of nitrogens with zero attached hydrogens (tertiary/aromatic N) is 3. The Labute approximate surface area is 150 Å². The topological polar surface area (TPSA) is 44.0 Å². The Morgan fingerprint density at radius 3 is 3.00 bits per heavy atom. The Bertz CT molecular complexity index is 676. The van der Waals surface area contributed by atoms with Gasteiger partial charge in [0.25, 0.3) is 0 Å². The van der Waals surface area contributed by atoms with Crippen molar-refractivity contribution in [1.29, 1.82) is 0 Å². The van der Waals surface area contributed by atoms with Crippen molar-refractivity contribution >= 4 is 16.9 Å². The van der Waals surface area contributed by atoms with E-state index in [1.54, 1.807) is 0 Å². The second-order valence-electron chi connectivity index (χ2n) is 7.07. The van der Waals surface area contributed by atoms with Crippen LogP contribution in [0.1, 0.15) is 25.5 Å². The van der Waals surface area contributed by atoms with Gasteiger partial charge in [0.15, 0.2) is 5.96 Å². The van der Waals surface area contributed by atoms with E-state index >= 15 is 0 Å². The Kier molecular flexibility index (Phi) is 5.97. The number of para-hydroxylation sites is 1. The Morgan fingerprint density at radius 1 is 1.40 bits per heavy atom. The standard InChI is InChI=1S/C20H30N4O/c1-4-21-20(22-13-16-8-7-11-23(2)14-16)24(3)15-18-12-17-9-5-6-10-19(17)25-18/h5-6,9-10,12,16H,4,7-8,11,13-15H2,1-3H3,(H,21,22). The van der Waals surface area contributed by atoms with Gasteiger partial charge in [-0.25, -0.2) is 0 Å². The van der Waals surface area contributed by atoms with Gasteiger partial charge < -0.3 is 19.5 Å². The van der Waals surface area contributed by atoms with Crippen molar-refractivity contribution in [3.63, 3.8) is 0 Å². The summed E-state index contributed by atoms with van der Waals surface area (Å²) < 4.78 is 5.94. The SMILES string of the molecule is CCNC(=NCC1CCCN(C)C1)N(C)Cc1cc2ccccc2o1. The van der Waals surface area contributed by atoms with Crippen molar-refractivity contribution in [1.82, 2.24) is 15.1 Å². The van der Waals surface area contributed by atoms with Crippen LogP contribution in [0.4, 0.5) is 0 Å². The summed E-state index contributed by atoms with van der Waals surface area (Å²) in [6, 6.07) is 10.3. The lowest BCUT2D eigenvalue weighted by Crippen LogP contribution is -2.39. The highest BCUT2D eigenvalue weighted by molar-refractivity contribution is 5.80. The molecule has 1 aromatic carbocycles. The summed E-state index contributed by atoms with van der Waals surface area (Å²) in [7, 11) is 4.27. The van der Waals surface area contributed by atoms with Crippen molar-refractivity contribution in [3.8, 4) is 0 Å². The average molecular weight is 342 g/mol. The molecule has 1 fully saturated rings. The van der Waals surface area contributed by atoms with E-state index in [1.165, 1.54) is 19.4 Å². The lowest BCUT2D eigenvalue weighted by Gasteiger charge is -2.29. The van der Waals surface area contributed by atoms with Gasteiger partial charge >= 0.3 is 0 Å². The van der Waals surface area contributed by atoms with Crippen LogP contribution < -0.4 is 5.32 Å². The number of nitrogens with one attached hydrogen (secondary N) is 1. The van der Waals surface area contributed by atoms with Gasteiger partial charge in [0.1, 0.15) is 11.3 Å². The number of guanidine groups is 1. The first-order chi connectivity index (χ1) is 12.2. The van der Waals surface area contributed by atoms with Crippen LogP contribution in [0, 0.1) is 5.92 Å². The van der Waals surface area contributed by atoms with E-state index in [1.807, 2.05) is 18.2 Å². The van der Waals surface area contributed by atoms with E-state index in [9.17, 15) is 0 Å². The lowest BCUT2D eigenvalue weighted by molar-refractivity contribution is 0.214. The fourth-order valence-electron chi connectivity index (χ4n) is 3.53. The minimum atomic E-state index is 0.659. The molecule has 0 amide bonds. The van der Waals surface area contributed by atoms with E-state index in [0.717, 1.165) is 42.3 Å². The molecule has 0 radical (unpaired) electrons. The molecule has 0 spiro atoms. The molecule has 0 saturated carbocycles. The van der Waals surface area contributed by atoms with Crippen LogP contribution >= 0.6 is 0 Å². The summed E-state index contributed by atoms with van der Waals surface area (Å²) in [5.41, 5.74) is 0.943. The number of likely N-dealkylation sites (tertiary alicyclic amines) is 1. The van der Waals surface area contributed by atoms with Gasteiger partial charge in [-0.2, -0.15) is 0 Å². The third-order valence-corrected chi connectivity index (χ3v) is 4.79. The molecular formula is C20H30N4O. The fraction of sp³-hybridized carbons (Fsp3) is 0.550. The number of aliphatic imine (C=N–C) groups is 1. The zero-order valence-electron chi connectivity index (χ0n) is 15.7. The molecule has 5 nitrogen and oxygen atoms in total. The highest BCUT2D eigenvalue weighted by atomic mass is 16.3. The van der Waals surface area contributed by atoms with E-state index < -0.39 is 0 Å². The van der Waals surface area contributed by atoms with Crippen molar-refractivity contribution in [2.24, 2.45) is 10.9 Å². The number of hydrogen-bond donors (Lipinski definition) is 1. The second kappa shape index (κ2) is 8.39. The van der Waals surface area contributed by atoms with Gasteiger partial charge in [0.05, 0.1) is 6.54 Å². The molecule has 136 valence electrons. The summed E-state index contributed by atoms with van der Waals surface area (Å²) in [6.07, 6.45) is 2.56. The van der Waals surface area contributed by atoms with Crippen LogP contribution in [0.5, 0.6) is 0 Å². The predicted octanol–water partition coefficient (Wildman–Crippen LogP) is 3.17. The normalized spacial score (nSPS) is 19.3. The monoisotopic (exact) mass is 342 g/mol. The lowest BCUT2D eigenvalue weighted by atomic mass is 9.99. The van der Waals surface area contributed by atoms with Gasteiger partial charge in [-0.1, -0.05) is 18.2 Å². The zero-order valence-corrected chi connectivity index (χ0v) is 15.7. The number of furan rings is 1. The summed E-state index contributed by atoms with van der Waals surface area (Å²) >= 11 is 0. The van der Waals surface area contributed by atoms with Crippen molar-refractivity contribution in [3.05, 3.63) is 36.1 Å². The predicted molar refractivity (Wildman–Crippen MR) is 104 cm³/mol. The first kappa shape index (κ1) is 17.8. The summed E-state index contributed by atoms with van der Waals surface area (Å²) in [5.74, 6) is 2.58. The Hall–Kier alpha value is -2.01. The number of benzene rings is 1. The number of hydrogen-bond acceptors (Lipinski definition) is 3. The molecule has 2 aromatic rings. The molecule has 1 atom stereocenters. The van der Waals surface area contributed by atoms with E-state index in [2.05, 4.69) is 48.3 Å². The average Bonchev–Trinajstić information content (AvgIpc) is 3.00. The molecular weight excluding hydrogens is 312 g/mol. The number of piperidine rings is 1. The zero-order chi connectivity index (χ0) is 17.6. The van der Waals surface area contributed by atoms with Crippen molar-refractivity contribution in [2.45, 2.75) is 26.3 Å². The van der Waals surface area contributed by atoms with E-state index in [-0.39, 0.29) is 0 Å². The molecule has 5 heteroatoms. The van der Waals surface area contributed by atoms with Gasteiger partial charge in [0, 0.05) is 32.1 Å². The maximum atomic E-state index is 5.94. The number of rotatable bonds is 5. The summed E-state index contributed by atoms with van der Waals surface area (Å²) in [5, 5.41) is 4.56. The minimum absolute atomic E-state index is 0.659. The molecule has 3 rings (SSSR count).